The molecule has 1 aromatic carbocycles. The number of esters is 1. The average Bonchev–Trinajstić information content (AvgIpc) is 2.73. The van der Waals surface area contributed by atoms with E-state index in [1.165, 1.54) is 14.0 Å². The lowest BCUT2D eigenvalue weighted by molar-refractivity contribution is -0.374. The van der Waals surface area contributed by atoms with Crippen molar-refractivity contribution >= 4 is 11.9 Å². The van der Waals surface area contributed by atoms with Gasteiger partial charge in [-0.05, 0) is 26.3 Å². The molecule has 6 unspecified atom stereocenters. The van der Waals surface area contributed by atoms with Crippen molar-refractivity contribution in [3.63, 3.8) is 0 Å². The summed E-state index contributed by atoms with van der Waals surface area (Å²) in [5.41, 5.74) is 0.951. The van der Waals surface area contributed by atoms with E-state index >= 15 is 0 Å². The normalized spacial score (nSPS) is 30.7. The third-order valence-electron chi connectivity index (χ3n) is 5.18. The highest BCUT2D eigenvalue weighted by Gasteiger charge is 2.53. The van der Waals surface area contributed by atoms with Gasteiger partial charge in [0.25, 0.3) is 0 Å². The van der Waals surface area contributed by atoms with Crippen molar-refractivity contribution in [2.24, 2.45) is 0 Å². The van der Waals surface area contributed by atoms with Gasteiger partial charge in [0.1, 0.15) is 24.4 Å². The van der Waals surface area contributed by atoms with Crippen molar-refractivity contribution in [2.45, 2.75) is 76.8 Å². The zero-order valence-electron chi connectivity index (χ0n) is 18.5. The first kappa shape index (κ1) is 23.6. The zero-order chi connectivity index (χ0) is 22.6. The maximum Gasteiger partial charge on any atom is 0.334 e. The number of carbonyl (C=O) groups is 2. The molecule has 2 aliphatic heterocycles. The van der Waals surface area contributed by atoms with Gasteiger partial charge in [0.05, 0.1) is 20.3 Å². The number of nitrogens with one attached hydrogen (secondary N) is 1. The number of benzene rings is 1. The molecule has 31 heavy (non-hydrogen) atoms. The fourth-order valence-electron chi connectivity index (χ4n) is 3.73. The van der Waals surface area contributed by atoms with Crippen LogP contribution in [0.25, 0.3) is 0 Å². The maximum atomic E-state index is 12.0. The second kappa shape index (κ2) is 10.1. The quantitative estimate of drug-likeness (QED) is 0.641. The minimum Gasteiger partial charge on any atom is -0.467 e. The Labute approximate surface area is 182 Å². The van der Waals surface area contributed by atoms with E-state index in [0.29, 0.717) is 0 Å². The number of carbonyl (C=O) groups excluding carboxylic acids is 2. The van der Waals surface area contributed by atoms with Crippen LogP contribution in [-0.2, 0) is 44.6 Å². The third-order valence-corrected chi connectivity index (χ3v) is 5.18. The summed E-state index contributed by atoms with van der Waals surface area (Å²) in [6, 6.07) is 8.89. The number of methoxy groups -OCH3 is 1. The number of ether oxygens (including phenoxy) is 6. The highest BCUT2D eigenvalue weighted by Crippen LogP contribution is 2.35. The molecule has 2 saturated heterocycles. The van der Waals surface area contributed by atoms with E-state index in [9.17, 15) is 9.59 Å². The standard InChI is InChI=1S/C22H31NO8/c1-13(20(25)26-5)29-19-17(23-14(2)24)21(27-11-15-9-7-6-8-10-15)30-16-12-28-22(3,4)31-18(16)19/h6-10,13,16-19,21H,11-12H2,1-5H3,(H,23,24). The lowest BCUT2D eigenvalue weighted by Crippen LogP contribution is -2.69. The van der Waals surface area contributed by atoms with Crippen LogP contribution in [0.2, 0.25) is 0 Å². The maximum absolute atomic E-state index is 12.0. The molecule has 2 heterocycles. The SMILES string of the molecule is COC(=O)C(C)OC1C(NC(C)=O)C(OCc2ccccc2)OC2COC(C)(C)OC21. The van der Waals surface area contributed by atoms with E-state index in [1.54, 1.807) is 20.8 Å². The molecule has 3 rings (SSSR count). The van der Waals surface area contributed by atoms with Gasteiger partial charge >= 0.3 is 5.97 Å². The summed E-state index contributed by atoms with van der Waals surface area (Å²) in [6.07, 6.45) is -3.55. The first-order chi connectivity index (χ1) is 14.7. The fraction of sp³-hybridized carbons (Fsp3) is 0.636. The summed E-state index contributed by atoms with van der Waals surface area (Å²) in [7, 11) is 1.29. The minimum atomic E-state index is -0.880. The van der Waals surface area contributed by atoms with Crippen molar-refractivity contribution in [3.8, 4) is 0 Å². The fourth-order valence-corrected chi connectivity index (χ4v) is 3.73. The summed E-state index contributed by atoms with van der Waals surface area (Å²) in [4.78, 5) is 24.0. The smallest absolute Gasteiger partial charge is 0.334 e. The molecule has 6 atom stereocenters. The van der Waals surface area contributed by atoms with E-state index < -0.39 is 48.5 Å². The highest BCUT2D eigenvalue weighted by atomic mass is 16.8. The summed E-state index contributed by atoms with van der Waals surface area (Å²) < 4.78 is 34.9. The van der Waals surface area contributed by atoms with Crippen LogP contribution in [-0.4, -0.2) is 68.1 Å². The van der Waals surface area contributed by atoms with Gasteiger partial charge in [0.2, 0.25) is 5.91 Å². The zero-order valence-corrected chi connectivity index (χ0v) is 18.5. The highest BCUT2D eigenvalue weighted by molar-refractivity contribution is 5.74. The Morgan fingerprint density at radius 3 is 2.61 bits per heavy atom. The second-order valence-electron chi connectivity index (χ2n) is 8.13. The third kappa shape index (κ3) is 6.02. The minimum absolute atomic E-state index is 0.252. The Bertz CT molecular complexity index is 755. The Kier molecular flexibility index (Phi) is 7.66. The lowest BCUT2D eigenvalue weighted by atomic mass is 9.94. The van der Waals surface area contributed by atoms with Gasteiger partial charge in [0, 0.05) is 6.92 Å². The van der Waals surface area contributed by atoms with Crippen LogP contribution >= 0.6 is 0 Å². The molecular weight excluding hydrogens is 406 g/mol. The number of hydrogen-bond donors (Lipinski definition) is 1. The van der Waals surface area contributed by atoms with Crippen LogP contribution < -0.4 is 5.32 Å². The van der Waals surface area contributed by atoms with Gasteiger partial charge in [-0.3, -0.25) is 4.79 Å². The molecule has 1 N–H and O–H groups in total. The van der Waals surface area contributed by atoms with Gasteiger partial charge in [0.15, 0.2) is 18.2 Å². The Morgan fingerprint density at radius 2 is 1.97 bits per heavy atom. The van der Waals surface area contributed by atoms with E-state index in [1.807, 2.05) is 30.3 Å². The first-order valence-corrected chi connectivity index (χ1v) is 10.3. The topological polar surface area (TPSA) is 102 Å². The molecule has 9 nitrogen and oxygen atoms in total. The van der Waals surface area contributed by atoms with Crippen molar-refractivity contribution in [1.82, 2.24) is 5.32 Å². The molecule has 1 amide bonds. The number of fused-ring (bicyclic) bond motifs is 1. The summed E-state index contributed by atoms with van der Waals surface area (Å²) in [6.45, 7) is 7.08. The molecule has 0 aromatic heterocycles. The molecule has 0 saturated carbocycles. The lowest BCUT2D eigenvalue weighted by Gasteiger charge is -2.51. The van der Waals surface area contributed by atoms with Crippen LogP contribution in [0.1, 0.15) is 33.3 Å². The largest absolute Gasteiger partial charge is 0.467 e. The molecule has 172 valence electrons. The van der Waals surface area contributed by atoms with Gasteiger partial charge in [-0.25, -0.2) is 4.79 Å². The molecule has 1 aromatic rings. The molecule has 9 heteroatoms. The van der Waals surface area contributed by atoms with Crippen molar-refractivity contribution < 1.29 is 38.0 Å². The van der Waals surface area contributed by atoms with E-state index in [4.69, 9.17) is 28.4 Å². The summed E-state index contributed by atoms with van der Waals surface area (Å²) >= 11 is 0. The molecule has 0 spiro atoms. The van der Waals surface area contributed by atoms with Crippen LogP contribution in [0, 0.1) is 0 Å². The predicted octanol–water partition coefficient (Wildman–Crippen LogP) is 1.53. The Hall–Kier alpha value is -2.04. The molecule has 2 fully saturated rings. The van der Waals surface area contributed by atoms with Crippen molar-refractivity contribution in [3.05, 3.63) is 35.9 Å². The molecule has 0 aliphatic carbocycles. The average molecular weight is 437 g/mol. The molecule has 0 radical (unpaired) electrons. The summed E-state index contributed by atoms with van der Waals surface area (Å²) in [5.74, 6) is -1.69. The number of rotatable bonds is 7. The van der Waals surface area contributed by atoms with Crippen LogP contribution in [0.5, 0.6) is 0 Å². The van der Waals surface area contributed by atoms with Gasteiger partial charge in [-0.1, -0.05) is 30.3 Å². The van der Waals surface area contributed by atoms with E-state index in [2.05, 4.69) is 5.32 Å². The summed E-state index contributed by atoms with van der Waals surface area (Å²) in [5, 5.41) is 2.85. The van der Waals surface area contributed by atoms with E-state index in [-0.39, 0.29) is 19.1 Å². The predicted molar refractivity (Wildman–Crippen MR) is 109 cm³/mol. The van der Waals surface area contributed by atoms with Crippen molar-refractivity contribution in [1.29, 1.82) is 0 Å². The van der Waals surface area contributed by atoms with Gasteiger partial charge in [-0.15, -0.1) is 0 Å². The van der Waals surface area contributed by atoms with Gasteiger partial charge in [-0.2, -0.15) is 0 Å². The van der Waals surface area contributed by atoms with Crippen LogP contribution in [0.4, 0.5) is 0 Å². The van der Waals surface area contributed by atoms with Crippen LogP contribution in [0.15, 0.2) is 30.3 Å². The number of amides is 1. The first-order valence-electron chi connectivity index (χ1n) is 10.3. The monoisotopic (exact) mass is 437 g/mol. The molecule has 2 aliphatic rings. The van der Waals surface area contributed by atoms with E-state index in [0.717, 1.165) is 5.56 Å². The Morgan fingerprint density at radius 1 is 1.26 bits per heavy atom. The van der Waals surface area contributed by atoms with Gasteiger partial charge < -0.3 is 33.7 Å². The Balaban J connectivity index is 1.86. The molecular formula is C22H31NO8. The second-order valence-corrected chi connectivity index (χ2v) is 8.13. The van der Waals surface area contributed by atoms with Crippen molar-refractivity contribution in [2.75, 3.05) is 13.7 Å². The molecule has 0 bridgehead atoms. The number of hydrogen-bond acceptors (Lipinski definition) is 8. The van der Waals surface area contributed by atoms with Crippen LogP contribution in [0.3, 0.4) is 0 Å².